The maximum Gasteiger partial charge on any atom is 0.257 e. The molecule has 3 aromatic rings. The quantitative estimate of drug-likeness (QED) is 0.541. The van der Waals surface area contributed by atoms with Crippen LogP contribution < -0.4 is 14.2 Å². The van der Waals surface area contributed by atoms with E-state index in [1.807, 2.05) is 24.3 Å². The summed E-state index contributed by atoms with van der Waals surface area (Å²) in [5.74, 6) is 1.19. The van der Waals surface area contributed by atoms with Gasteiger partial charge in [0.25, 0.3) is 5.91 Å². The first-order valence-electron chi connectivity index (χ1n) is 9.45. The first-order valence-corrected chi connectivity index (χ1v) is 9.45. The lowest BCUT2D eigenvalue weighted by Gasteiger charge is -2.21. The number of amides is 1. The van der Waals surface area contributed by atoms with E-state index in [1.165, 1.54) is 12.1 Å². The Morgan fingerprint density at radius 2 is 1.60 bits per heavy atom. The number of rotatable bonds is 8. The molecule has 0 heterocycles. The van der Waals surface area contributed by atoms with Crippen LogP contribution in [0.4, 0.5) is 4.39 Å². The third kappa shape index (κ3) is 4.89. The number of halogens is 1. The van der Waals surface area contributed by atoms with E-state index >= 15 is 0 Å². The molecule has 0 fully saturated rings. The molecule has 0 N–H and O–H groups in total. The van der Waals surface area contributed by atoms with Gasteiger partial charge in [0.1, 0.15) is 18.2 Å². The summed E-state index contributed by atoms with van der Waals surface area (Å²) in [5, 5.41) is 0. The SMILES string of the molecule is COc1cccc(CN(C)C(=O)c2ccccc2OCc2ccc(F)cc2)c1OC. The average Bonchev–Trinajstić information content (AvgIpc) is 2.78. The van der Waals surface area contributed by atoms with Crippen molar-refractivity contribution in [3.8, 4) is 17.2 Å². The van der Waals surface area contributed by atoms with E-state index < -0.39 is 0 Å². The largest absolute Gasteiger partial charge is 0.493 e. The molecular formula is C24H24FNO4. The molecule has 0 spiro atoms. The maximum atomic E-state index is 13.1. The fraction of sp³-hybridized carbons (Fsp3) is 0.208. The summed E-state index contributed by atoms with van der Waals surface area (Å²) in [5.41, 5.74) is 2.09. The van der Waals surface area contributed by atoms with E-state index in [0.29, 0.717) is 29.4 Å². The number of carbonyl (C=O) groups is 1. The Labute approximate surface area is 175 Å². The van der Waals surface area contributed by atoms with Crippen LogP contribution in [0.5, 0.6) is 17.2 Å². The topological polar surface area (TPSA) is 48.0 Å². The highest BCUT2D eigenvalue weighted by Gasteiger charge is 2.19. The van der Waals surface area contributed by atoms with Crippen molar-refractivity contribution in [2.24, 2.45) is 0 Å². The minimum Gasteiger partial charge on any atom is -0.493 e. The van der Waals surface area contributed by atoms with Gasteiger partial charge in [-0.3, -0.25) is 4.79 Å². The summed E-state index contributed by atoms with van der Waals surface area (Å²) in [6, 6.07) is 18.7. The molecule has 0 aliphatic carbocycles. The summed E-state index contributed by atoms with van der Waals surface area (Å²) >= 11 is 0. The zero-order chi connectivity index (χ0) is 21.5. The lowest BCUT2D eigenvalue weighted by atomic mass is 10.1. The fourth-order valence-corrected chi connectivity index (χ4v) is 3.12. The molecule has 0 unspecified atom stereocenters. The van der Waals surface area contributed by atoms with Gasteiger partial charge in [-0.1, -0.05) is 36.4 Å². The van der Waals surface area contributed by atoms with Crippen LogP contribution in [0.15, 0.2) is 66.7 Å². The van der Waals surface area contributed by atoms with Crippen LogP contribution in [0.25, 0.3) is 0 Å². The van der Waals surface area contributed by atoms with Crippen molar-refractivity contribution < 1.29 is 23.4 Å². The molecule has 1 amide bonds. The smallest absolute Gasteiger partial charge is 0.257 e. The number of benzene rings is 3. The average molecular weight is 409 g/mol. The first-order chi connectivity index (χ1) is 14.5. The molecule has 0 atom stereocenters. The van der Waals surface area contributed by atoms with Crippen molar-refractivity contribution in [2.75, 3.05) is 21.3 Å². The number of hydrogen-bond acceptors (Lipinski definition) is 4. The molecule has 3 rings (SSSR count). The molecule has 0 saturated carbocycles. The Kier molecular flexibility index (Phi) is 6.91. The van der Waals surface area contributed by atoms with Gasteiger partial charge in [0.2, 0.25) is 0 Å². The molecule has 6 heteroatoms. The van der Waals surface area contributed by atoms with Crippen LogP contribution in [0.1, 0.15) is 21.5 Å². The number of para-hydroxylation sites is 2. The van der Waals surface area contributed by atoms with E-state index in [4.69, 9.17) is 14.2 Å². The van der Waals surface area contributed by atoms with Gasteiger partial charge in [-0.25, -0.2) is 4.39 Å². The molecular weight excluding hydrogens is 385 g/mol. The molecule has 156 valence electrons. The van der Waals surface area contributed by atoms with E-state index in [-0.39, 0.29) is 18.3 Å². The third-order valence-electron chi connectivity index (χ3n) is 4.66. The minimum absolute atomic E-state index is 0.186. The predicted molar refractivity (Wildman–Crippen MR) is 113 cm³/mol. The molecule has 0 saturated heterocycles. The second-order valence-corrected chi connectivity index (χ2v) is 6.73. The monoisotopic (exact) mass is 409 g/mol. The van der Waals surface area contributed by atoms with Gasteiger partial charge in [0.15, 0.2) is 11.5 Å². The summed E-state index contributed by atoms with van der Waals surface area (Å²) in [7, 11) is 4.87. The van der Waals surface area contributed by atoms with Crippen molar-refractivity contribution in [2.45, 2.75) is 13.2 Å². The Morgan fingerprint density at radius 3 is 2.30 bits per heavy atom. The van der Waals surface area contributed by atoms with Crippen LogP contribution >= 0.6 is 0 Å². The fourth-order valence-electron chi connectivity index (χ4n) is 3.12. The van der Waals surface area contributed by atoms with Crippen LogP contribution in [-0.4, -0.2) is 32.1 Å². The summed E-state index contributed by atoms with van der Waals surface area (Å²) < 4.78 is 29.7. The van der Waals surface area contributed by atoms with Crippen LogP contribution in [0.2, 0.25) is 0 Å². The Bertz CT molecular complexity index is 1000. The molecule has 0 aliphatic heterocycles. The summed E-state index contributed by atoms with van der Waals surface area (Å²) in [6.07, 6.45) is 0. The van der Waals surface area contributed by atoms with Crippen molar-refractivity contribution >= 4 is 5.91 Å². The van der Waals surface area contributed by atoms with Crippen LogP contribution in [0, 0.1) is 5.82 Å². The number of hydrogen-bond donors (Lipinski definition) is 0. The lowest BCUT2D eigenvalue weighted by molar-refractivity contribution is 0.0779. The number of ether oxygens (including phenoxy) is 3. The highest BCUT2D eigenvalue weighted by molar-refractivity contribution is 5.96. The zero-order valence-electron chi connectivity index (χ0n) is 17.2. The zero-order valence-corrected chi connectivity index (χ0v) is 17.2. The molecule has 0 aliphatic rings. The van der Waals surface area contributed by atoms with Gasteiger partial charge in [0, 0.05) is 19.2 Å². The predicted octanol–water partition coefficient (Wildman–Crippen LogP) is 4.69. The molecule has 5 nitrogen and oxygen atoms in total. The van der Waals surface area contributed by atoms with Gasteiger partial charge < -0.3 is 19.1 Å². The van der Waals surface area contributed by atoms with Gasteiger partial charge >= 0.3 is 0 Å². The molecule has 30 heavy (non-hydrogen) atoms. The molecule has 0 aromatic heterocycles. The first kappa shape index (κ1) is 21.2. The molecule has 3 aromatic carbocycles. The number of nitrogens with zero attached hydrogens (tertiary/aromatic N) is 1. The Balaban J connectivity index is 1.76. The highest BCUT2D eigenvalue weighted by Crippen LogP contribution is 2.32. The van der Waals surface area contributed by atoms with Gasteiger partial charge in [-0.05, 0) is 35.9 Å². The number of carbonyl (C=O) groups excluding carboxylic acids is 1. The van der Waals surface area contributed by atoms with Crippen LogP contribution in [0.3, 0.4) is 0 Å². The maximum absolute atomic E-state index is 13.1. The normalized spacial score (nSPS) is 10.4. The van der Waals surface area contributed by atoms with E-state index in [1.54, 1.807) is 56.5 Å². The minimum atomic E-state index is -0.302. The van der Waals surface area contributed by atoms with Crippen molar-refractivity contribution in [1.82, 2.24) is 4.90 Å². The molecule has 0 bridgehead atoms. The molecule has 0 radical (unpaired) electrons. The number of methoxy groups -OCH3 is 2. The second-order valence-electron chi connectivity index (χ2n) is 6.73. The summed E-state index contributed by atoms with van der Waals surface area (Å²) in [6.45, 7) is 0.573. The van der Waals surface area contributed by atoms with E-state index in [2.05, 4.69) is 0 Å². The van der Waals surface area contributed by atoms with Gasteiger partial charge in [-0.15, -0.1) is 0 Å². The van der Waals surface area contributed by atoms with Crippen molar-refractivity contribution in [3.63, 3.8) is 0 Å². The van der Waals surface area contributed by atoms with Gasteiger partial charge in [-0.2, -0.15) is 0 Å². The highest BCUT2D eigenvalue weighted by atomic mass is 19.1. The lowest BCUT2D eigenvalue weighted by Crippen LogP contribution is -2.27. The van der Waals surface area contributed by atoms with E-state index in [0.717, 1.165) is 11.1 Å². The second kappa shape index (κ2) is 9.78. The third-order valence-corrected chi connectivity index (χ3v) is 4.66. The standard InChI is InChI=1S/C24H24FNO4/c1-26(15-18-7-6-10-22(28-2)23(18)29-3)24(27)20-8-4-5-9-21(20)30-16-17-11-13-19(25)14-12-17/h4-14H,15-16H2,1-3H3. The van der Waals surface area contributed by atoms with Crippen molar-refractivity contribution in [1.29, 1.82) is 0 Å². The van der Waals surface area contributed by atoms with Crippen LogP contribution in [-0.2, 0) is 13.2 Å². The Hall–Kier alpha value is -3.54. The Morgan fingerprint density at radius 1 is 0.900 bits per heavy atom. The van der Waals surface area contributed by atoms with Gasteiger partial charge in [0.05, 0.1) is 19.8 Å². The van der Waals surface area contributed by atoms with Crippen molar-refractivity contribution in [3.05, 3.63) is 89.2 Å². The van der Waals surface area contributed by atoms with E-state index in [9.17, 15) is 9.18 Å². The summed E-state index contributed by atoms with van der Waals surface area (Å²) in [4.78, 5) is 14.7.